The largest absolute Gasteiger partial charge is 0.328 e. The molecule has 0 unspecified atom stereocenters. The van der Waals surface area contributed by atoms with Crippen molar-refractivity contribution in [1.29, 1.82) is 0 Å². The second-order valence-electron chi connectivity index (χ2n) is 4.22. The zero-order chi connectivity index (χ0) is 11.7. The Labute approximate surface area is 95.0 Å². The number of aromatic amines is 1. The van der Waals surface area contributed by atoms with E-state index in [2.05, 4.69) is 37.0 Å². The van der Waals surface area contributed by atoms with Gasteiger partial charge in [0, 0.05) is 11.8 Å². The molecule has 0 saturated carbocycles. The molecule has 0 fully saturated rings. The minimum absolute atomic E-state index is 0.0194. The van der Waals surface area contributed by atoms with Crippen molar-refractivity contribution in [1.82, 2.24) is 4.98 Å². The van der Waals surface area contributed by atoms with Gasteiger partial charge in [-0.15, -0.1) is 0 Å². The minimum atomic E-state index is -0.0194. The fraction of sp³-hybridized carbons (Fsp3) is 0.214. The first-order valence-electron chi connectivity index (χ1n) is 5.35. The molecule has 0 aliphatic heterocycles. The topological polar surface area (TPSA) is 32.9 Å². The van der Waals surface area contributed by atoms with Gasteiger partial charge in [-0.3, -0.25) is 4.79 Å². The van der Waals surface area contributed by atoms with E-state index in [1.54, 1.807) is 6.20 Å². The van der Waals surface area contributed by atoms with Crippen LogP contribution in [0.2, 0.25) is 0 Å². The predicted molar refractivity (Wildman–Crippen MR) is 66.7 cm³/mol. The van der Waals surface area contributed by atoms with E-state index in [-0.39, 0.29) is 5.56 Å². The number of hydrogen-bond acceptors (Lipinski definition) is 1. The van der Waals surface area contributed by atoms with E-state index in [0.717, 1.165) is 11.1 Å². The molecule has 0 aliphatic rings. The number of aryl methyl sites for hydroxylation is 3. The molecule has 2 heteroatoms. The fourth-order valence-corrected chi connectivity index (χ4v) is 1.80. The van der Waals surface area contributed by atoms with Crippen LogP contribution < -0.4 is 5.56 Å². The van der Waals surface area contributed by atoms with Crippen LogP contribution in [0.5, 0.6) is 0 Å². The molecule has 0 saturated heterocycles. The Morgan fingerprint density at radius 3 is 2.44 bits per heavy atom. The quantitative estimate of drug-likeness (QED) is 0.776. The highest BCUT2D eigenvalue weighted by molar-refractivity contribution is 5.67. The number of pyridine rings is 1. The number of rotatable bonds is 1. The number of H-pyrrole nitrogens is 1. The predicted octanol–water partition coefficient (Wildman–Crippen LogP) is 2.97. The Morgan fingerprint density at radius 1 is 1.00 bits per heavy atom. The molecule has 1 aromatic heterocycles. The van der Waals surface area contributed by atoms with Gasteiger partial charge in [0.1, 0.15) is 0 Å². The molecule has 0 bridgehead atoms. The average molecular weight is 213 g/mol. The summed E-state index contributed by atoms with van der Waals surface area (Å²) in [6.45, 7) is 5.98. The number of benzene rings is 1. The molecule has 0 aliphatic carbocycles. The summed E-state index contributed by atoms with van der Waals surface area (Å²) in [5.74, 6) is 0. The molecule has 2 nitrogen and oxygen atoms in total. The van der Waals surface area contributed by atoms with Crippen LogP contribution in [-0.4, -0.2) is 4.98 Å². The second-order valence-corrected chi connectivity index (χ2v) is 4.22. The highest BCUT2D eigenvalue weighted by Crippen LogP contribution is 2.23. The van der Waals surface area contributed by atoms with E-state index < -0.39 is 0 Å². The van der Waals surface area contributed by atoms with Gasteiger partial charge in [-0.1, -0.05) is 23.8 Å². The third-order valence-electron chi connectivity index (χ3n) is 2.79. The van der Waals surface area contributed by atoms with E-state index in [0.29, 0.717) is 0 Å². The van der Waals surface area contributed by atoms with Crippen molar-refractivity contribution in [2.45, 2.75) is 20.8 Å². The third kappa shape index (κ3) is 1.91. The van der Waals surface area contributed by atoms with Gasteiger partial charge in [0.15, 0.2) is 0 Å². The highest BCUT2D eigenvalue weighted by atomic mass is 16.1. The smallest absolute Gasteiger partial charge is 0.250 e. The van der Waals surface area contributed by atoms with Gasteiger partial charge < -0.3 is 4.98 Å². The summed E-state index contributed by atoms with van der Waals surface area (Å²) in [6.07, 6.45) is 1.77. The maximum Gasteiger partial charge on any atom is 0.250 e. The van der Waals surface area contributed by atoms with Gasteiger partial charge in [-0.2, -0.15) is 0 Å². The average Bonchev–Trinajstić information content (AvgIpc) is 2.26. The Bertz CT molecular complexity index is 582. The molecule has 0 amide bonds. The summed E-state index contributed by atoms with van der Waals surface area (Å²) in [7, 11) is 0. The Kier molecular flexibility index (Phi) is 2.65. The third-order valence-corrected chi connectivity index (χ3v) is 2.79. The summed E-state index contributed by atoms with van der Waals surface area (Å²) in [5, 5.41) is 0. The molecular weight excluding hydrogens is 198 g/mol. The Hall–Kier alpha value is -1.83. The van der Waals surface area contributed by atoms with E-state index in [9.17, 15) is 4.79 Å². The summed E-state index contributed by atoms with van der Waals surface area (Å²) >= 11 is 0. The van der Waals surface area contributed by atoms with E-state index >= 15 is 0 Å². The van der Waals surface area contributed by atoms with Gasteiger partial charge in [-0.25, -0.2) is 0 Å². The molecule has 2 rings (SSSR count). The monoisotopic (exact) mass is 213 g/mol. The first kappa shape index (κ1) is 10.7. The first-order valence-corrected chi connectivity index (χ1v) is 5.35. The van der Waals surface area contributed by atoms with Crippen molar-refractivity contribution in [3.05, 3.63) is 57.5 Å². The van der Waals surface area contributed by atoms with Gasteiger partial charge >= 0.3 is 0 Å². The van der Waals surface area contributed by atoms with Crippen LogP contribution in [0.3, 0.4) is 0 Å². The molecule has 0 atom stereocenters. The molecule has 1 N–H and O–H groups in total. The Morgan fingerprint density at radius 2 is 1.75 bits per heavy atom. The van der Waals surface area contributed by atoms with Gasteiger partial charge in [0.05, 0.1) is 0 Å². The highest BCUT2D eigenvalue weighted by Gasteiger charge is 2.03. The standard InChI is InChI=1S/C14H15NO/c1-9-4-5-10(2)13(6-9)12-7-11(3)14(16)15-8-12/h4-8H,1-3H3,(H,15,16). The summed E-state index contributed by atoms with van der Waals surface area (Å²) in [5.41, 5.74) is 5.42. The molecule has 82 valence electrons. The van der Waals surface area contributed by atoms with Gasteiger partial charge in [0.25, 0.3) is 5.56 Å². The Balaban J connectivity index is 2.62. The molecule has 2 aromatic rings. The number of nitrogens with one attached hydrogen (secondary N) is 1. The number of hydrogen-bond donors (Lipinski definition) is 1. The van der Waals surface area contributed by atoms with Crippen LogP contribution in [0.25, 0.3) is 11.1 Å². The molecular formula is C14H15NO. The van der Waals surface area contributed by atoms with E-state index in [1.807, 2.05) is 13.0 Å². The lowest BCUT2D eigenvalue weighted by Gasteiger charge is -2.07. The summed E-state index contributed by atoms with van der Waals surface area (Å²) < 4.78 is 0. The zero-order valence-corrected chi connectivity index (χ0v) is 9.79. The lowest BCUT2D eigenvalue weighted by atomic mass is 9.99. The summed E-state index contributed by atoms with van der Waals surface area (Å²) in [6, 6.07) is 8.27. The summed E-state index contributed by atoms with van der Waals surface area (Å²) in [4.78, 5) is 14.1. The van der Waals surface area contributed by atoms with Gasteiger partial charge in [-0.05, 0) is 43.5 Å². The van der Waals surface area contributed by atoms with Gasteiger partial charge in [0.2, 0.25) is 0 Å². The van der Waals surface area contributed by atoms with Crippen LogP contribution in [0, 0.1) is 20.8 Å². The van der Waals surface area contributed by atoms with Crippen LogP contribution in [0.1, 0.15) is 16.7 Å². The van der Waals surface area contributed by atoms with Crippen LogP contribution in [0.15, 0.2) is 35.3 Å². The molecule has 16 heavy (non-hydrogen) atoms. The van der Waals surface area contributed by atoms with Crippen molar-refractivity contribution >= 4 is 0 Å². The van der Waals surface area contributed by atoms with Crippen LogP contribution in [-0.2, 0) is 0 Å². The molecule has 1 aromatic carbocycles. The van der Waals surface area contributed by atoms with Crippen molar-refractivity contribution < 1.29 is 0 Å². The van der Waals surface area contributed by atoms with Crippen molar-refractivity contribution in [2.24, 2.45) is 0 Å². The molecule has 0 radical (unpaired) electrons. The molecule has 0 spiro atoms. The SMILES string of the molecule is Cc1ccc(C)c(-c2c[nH]c(=O)c(C)c2)c1. The van der Waals surface area contributed by atoms with E-state index in [1.165, 1.54) is 16.7 Å². The maximum atomic E-state index is 11.3. The minimum Gasteiger partial charge on any atom is -0.328 e. The molecule has 1 heterocycles. The normalized spacial score (nSPS) is 10.4. The van der Waals surface area contributed by atoms with E-state index in [4.69, 9.17) is 0 Å². The lowest BCUT2D eigenvalue weighted by molar-refractivity contribution is 1.18. The number of aromatic nitrogens is 1. The fourth-order valence-electron chi connectivity index (χ4n) is 1.80. The first-order chi connectivity index (χ1) is 7.58. The second kappa shape index (κ2) is 3.97. The van der Waals surface area contributed by atoms with Crippen molar-refractivity contribution in [3.8, 4) is 11.1 Å². The maximum absolute atomic E-state index is 11.3. The van der Waals surface area contributed by atoms with Crippen LogP contribution >= 0.6 is 0 Å². The van der Waals surface area contributed by atoms with Crippen LogP contribution in [0.4, 0.5) is 0 Å². The lowest BCUT2D eigenvalue weighted by Crippen LogP contribution is -2.08. The zero-order valence-electron chi connectivity index (χ0n) is 9.79. The van der Waals surface area contributed by atoms with Crippen molar-refractivity contribution in [2.75, 3.05) is 0 Å². The van der Waals surface area contributed by atoms with Crippen molar-refractivity contribution in [3.63, 3.8) is 0 Å².